The normalized spacial score (nSPS) is 33.1. The molecule has 2 fully saturated rings. The maximum Gasteiger partial charge on any atom is 0.115 e. The van der Waals surface area contributed by atoms with Crippen LogP contribution in [0.1, 0.15) is 69.4 Å². The topological polar surface area (TPSA) is 23.5 Å². The molecule has 1 N–H and O–H groups in total. The number of unbranched alkanes of at least 4 members (excludes halogenated alkanes) is 2. The van der Waals surface area contributed by atoms with Gasteiger partial charge < -0.3 is 5.11 Å². The van der Waals surface area contributed by atoms with Crippen LogP contribution in [-0.4, -0.2) is 29.1 Å². The summed E-state index contributed by atoms with van der Waals surface area (Å²) in [6, 6.07) is 6.96. The Morgan fingerprint density at radius 3 is 3.00 bits per heavy atom. The molecule has 3 atom stereocenters. The minimum atomic E-state index is 0.372. The molecule has 2 heteroatoms. The fourth-order valence-corrected chi connectivity index (χ4v) is 5.92. The highest BCUT2D eigenvalue weighted by atomic mass is 16.3. The average molecular weight is 313 g/mol. The van der Waals surface area contributed by atoms with Gasteiger partial charge in [-0.05, 0) is 74.4 Å². The molecule has 1 aromatic rings. The molecule has 0 radical (unpaired) electrons. The van der Waals surface area contributed by atoms with Crippen molar-refractivity contribution in [2.75, 3.05) is 13.1 Å². The Kier molecular flexibility index (Phi) is 4.13. The van der Waals surface area contributed by atoms with Crippen molar-refractivity contribution >= 4 is 0 Å². The molecule has 0 spiro atoms. The molecule has 1 aromatic carbocycles. The molecule has 23 heavy (non-hydrogen) atoms. The van der Waals surface area contributed by atoms with Crippen molar-refractivity contribution in [2.45, 2.75) is 76.2 Å². The monoisotopic (exact) mass is 313 g/mol. The van der Waals surface area contributed by atoms with Gasteiger partial charge in [-0.1, -0.05) is 38.7 Å². The van der Waals surface area contributed by atoms with E-state index in [-0.39, 0.29) is 0 Å². The van der Waals surface area contributed by atoms with Crippen molar-refractivity contribution in [2.24, 2.45) is 5.92 Å². The fraction of sp³-hybridized carbons (Fsp3) is 0.714. The van der Waals surface area contributed by atoms with Crippen molar-refractivity contribution in [3.63, 3.8) is 0 Å². The lowest BCUT2D eigenvalue weighted by Crippen LogP contribution is -2.60. The smallest absolute Gasteiger partial charge is 0.115 e. The SMILES string of the molecule is CCCCCN1CC[C@@]23CCCC[C@H]2[C@H]1Cc1ccc(O)cc13. The number of rotatable bonds is 4. The molecular weight excluding hydrogens is 282 g/mol. The predicted octanol–water partition coefficient (Wildman–Crippen LogP) is 4.64. The van der Waals surface area contributed by atoms with E-state index < -0.39 is 0 Å². The third-order valence-corrected chi connectivity index (χ3v) is 6.98. The Labute approximate surface area is 140 Å². The lowest BCUT2D eigenvalue weighted by Gasteiger charge is -2.59. The van der Waals surface area contributed by atoms with Gasteiger partial charge in [-0.2, -0.15) is 0 Å². The quantitative estimate of drug-likeness (QED) is 0.819. The number of fused-ring (bicyclic) bond motifs is 1. The molecule has 0 aromatic heterocycles. The number of phenolic OH excluding ortho intramolecular Hbond substituents is 1. The Morgan fingerprint density at radius 2 is 2.13 bits per heavy atom. The van der Waals surface area contributed by atoms with Crippen LogP contribution in [0, 0.1) is 5.92 Å². The van der Waals surface area contributed by atoms with Crippen molar-refractivity contribution < 1.29 is 5.11 Å². The van der Waals surface area contributed by atoms with E-state index in [0.717, 1.165) is 12.0 Å². The van der Waals surface area contributed by atoms with Crippen LogP contribution >= 0.6 is 0 Å². The van der Waals surface area contributed by atoms with E-state index in [1.807, 2.05) is 6.07 Å². The van der Waals surface area contributed by atoms with Gasteiger partial charge in [0, 0.05) is 11.5 Å². The number of aromatic hydroxyl groups is 1. The van der Waals surface area contributed by atoms with Crippen LogP contribution in [0.4, 0.5) is 0 Å². The number of nitrogens with zero attached hydrogens (tertiary/aromatic N) is 1. The van der Waals surface area contributed by atoms with Gasteiger partial charge in [-0.15, -0.1) is 0 Å². The number of hydrogen-bond acceptors (Lipinski definition) is 2. The highest BCUT2D eigenvalue weighted by Crippen LogP contribution is 2.56. The van der Waals surface area contributed by atoms with Crippen LogP contribution in [-0.2, 0) is 11.8 Å². The number of phenols is 1. The largest absolute Gasteiger partial charge is 0.508 e. The van der Waals surface area contributed by atoms with Gasteiger partial charge in [0.05, 0.1) is 0 Å². The molecular formula is C21H31NO. The average Bonchev–Trinajstić information content (AvgIpc) is 2.57. The van der Waals surface area contributed by atoms with Crippen LogP contribution < -0.4 is 0 Å². The van der Waals surface area contributed by atoms with E-state index in [2.05, 4.69) is 24.0 Å². The van der Waals surface area contributed by atoms with Gasteiger partial charge in [0.25, 0.3) is 0 Å². The first-order valence-electron chi connectivity index (χ1n) is 9.81. The van der Waals surface area contributed by atoms with Gasteiger partial charge >= 0.3 is 0 Å². The third kappa shape index (κ3) is 2.50. The van der Waals surface area contributed by atoms with E-state index in [4.69, 9.17) is 0 Å². The van der Waals surface area contributed by atoms with Gasteiger partial charge in [-0.3, -0.25) is 4.90 Å². The van der Waals surface area contributed by atoms with Crippen molar-refractivity contribution in [3.05, 3.63) is 29.3 Å². The minimum Gasteiger partial charge on any atom is -0.508 e. The zero-order valence-corrected chi connectivity index (χ0v) is 14.6. The number of hydrogen-bond donors (Lipinski definition) is 1. The number of piperidine rings is 1. The molecule has 1 heterocycles. The molecule has 1 aliphatic heterocycles. The zero-order chi connectivity index (χ0) is 15.9. The molecule has 2 nitrogen and oxygen atoms in total. The summed E-state index contributed by atoms with van der Waals surface area (Å²) in [7, 11) is 0. The standard InChI is InChI=1S/C21H31NO/c1-2-3-6-12-22-13-11-21-10-5-4-7-18(21)20(22)14-16-8-9-17(23)15-19(16)21/h8-9,15,18,20,23H,2-7,10-14H2,1H3/t18-,20+,21-/m0/s1. The summed E-state index contributed by atoms with van der Waals surface area (Å²) in [4.78, 5) is 2.82. The van der Waals surface area contributed by atoms with Crippen LogP contribution in [0.2, 0.25) is 0 Å². The lowest BCUT2D eigenvalue weighted by atomic mass is 9.52. The second-order valence-electron chi connectivity index (χ2n) is 8.11. The molecule has 1 saturated carbocycles. The lowest BCUT2D eigenvalue weighted by molar-refractivity contribution is -0.0119. The first kappa shape index (κ1) is 15.5. The summed E-state index contributed by atoms with van der Waals surface area (Å²) in [6.45, 7) is 4.85. The summed E-state index contributed by atoms with van der Waals surface area (Å²) in [6.07, 6.45) is 12.0. The molecule has 126 valence electrons. The van der Waals surface area contributed by atoms with Crippen molar-refractivity contribution in [1.82, 2.24) is 4.90 Å². The fourth-order valence-electron chi connectivity index (χ4n) is 5.92. The summed E-state index contributed by atoms with van der Waals surface area (Å²) in [5.74, 6) is 1.28. The Morgan fingerprint density at radius 1 is 1.22 bits per heavy atom. The van der Waals surface area contributed by atoms with E-state index in [1.165, 1.54) is 82.0 Å². The van der Waals surface area contributed by atoms with Crippen molar-refractivity contribution in [1.29, 1.82) is 0 Å². The molecule has 0 amide bonds. The summed E-state index contributed by atoms with van der Waals surface area (Å²) < 4.78 is 0. The van der Waals surface area contributed by atoms with E-state index in [0.29, 0.717) is 11.2 Å². The molecule has 0 unspecified atom stereocenters. The molecule has 2 aliphatic carbocycles. The van der Waals surface area contributed by atoms with Crippen LogP contribution in [0.15, 0.2) is 18.2 Å². The van der Waals surface area contributed by atoms with Crippen LogP contribution in [0.5, 0.6) is 5.75 Å². The zero-order valence-electron chi connectivity index (χ0n) is 14.6. The molecule has 4 rings (SSSR count). The summed E-state index contributed by atoms with van der Waals surface area (Å²) in [5.41, 5.74) is 3.40. The second-order valence-corrected chi connectivity index (χ2v) is 8.11. The maximum atomic E-state index is 10.1. The molecule has 3 aliphatic rings. The third-order valence-electron chi connectivity index (χ3n) is 6.98. The maximum absolute atomic E-state index is 10.1. The highest BCUT2D eigenvalue weighted by Gasteiger charge is 2.53. The molecule has 1 saturated heterocycles. The Balaban J connectivity index is 1.68. The Bertz CT molecular complexity index is 569. The van der Waals surface area contributed by atoms with Gasteiger partial charge in [0.15, 0.2) is 0 Å². The van der Waals surface area contributed by atoms with Crippen LogP contribution in [0.25, 0.3) is 0 Å². The van der Waals surface area contributed by atoms with Crippen LogP contribution in [0.3, 0.4) is 0 Å². The van der Waals surface area contributed by atoms with E-state index in [1.54, 1.807) is 0 Å². The predicted molar refractivity (Wildman–Crippen MR) is 94.9 cm³/mol. The minimum absolute atomic E-state index is 0.372. The van der Waals surface area contributed by atoms with Crippen molar-refractivity contribution in [3.8, 4) is 5.75 Å². The van der Waals surface area contributed by atoms with E-state index in [9.17, 15) is 5.11 Å². The number of benzene rings is 1. The van der Waals surface area contributed by atoms with E-state index >= 15 is 0 Å². The Hall–Kier alpha value is -1.02. The summed E-state index contributed by atoms with van der Waals surface area (Å²) >= 11 is 0. The first-order chi connectivity index (χ1) is 11.2. The van der Waals surface area contributed by atoms with Gasteiger partial charge in [0.1, 0.15) is 5.75 Å². The second kappa shape index (κ2) is 6.12. The van der Waals surface area contributed by atoms with Gasteiger partial charge in [-0.25, -0.2) is 0 Å². The number of likely N-dealkylation sites (tertiary alicyclic amines) is 1. The molecule has 2 bridgehead atoms. The van der Waals surface area contributed by atoms with Gasteiger partial charge in [0.2, 0.25) is 0 Å². The summed E-state index contributed by atoms with van der Waals surface area (Å²) in [5, 5.41) is 10.1. The first-order valence-corrected chi connectivity index (χ1v) is 9.81. The highest BCUT2D eigenvalue weighted by molar-refractivity contribution is 5.45.